The summed E-state index contributed by atoms with van der Waals surface area (Å²) in [5, 5.41) is 10.5. The molecular formula is C13H21NO2. The Balaban J connectivity index is 1.94. The van der Waals surface area contributed by atoms with Crippen LogP contribution < -0.4 is 0 Å². The van der Waals surface area contributed by atoms with Gasteiger partial charge in [0.15, 0.2) is 0 Å². The first-order valence-corrected chi connectivity index (χ1v) is 6.07. The van der Waals surface area contributed by atoms with Gasteiger partial charge >= 0.3 is 0 Å². The molecule has 1 N–H and O–H groups in total. The monoisotopic (exact) mass is 223 g/mol. The minimum absolute atomic E-state index is 0.666. The van der Waals surface area contributed by atoms with E-state index >= 15 is 0 Å². The highest BCUT2D eigenvalue weighted by Gasteiger charge is 2.34. The maximum absolute atomic E-state index is 10.5. The molecule has 2 heterocycles. The Morgan fingerprint density at radius 2 is 2.12 bits per heavy atom. The third-order valence-corrected chi connectivity index (χ3v) is 3.37. The van der Waals surface area contributed by atoms with Gasteiger partial charge in [-0.2, -0.15) is 0 Å². The first kappa shape index (κ1) is 11.7. The fourth-order valence-corrected chi connectivity index (χ4v) is 2.44. The van der Waals surface area contributed by atoms with Gasteiger partial charge in [0.25, 0.3) is 0 Å². The Kier molecular flexibility index (Phi) is 3.36. The van der Waals surface area contributed by atoms with Crippen molar-refractivity contribution in [2.75, 3.05) is 19.6 Å². The summed E-state index contributed by atoms with van der Waals surface area (Å²) in [5.74, 6) is 0.695. The molecule has 16 heavy (non-hydrogen) atoms. The van der Waals surface area contributed by atoms with E-state index < -0.39 is 5.60 Å². The van der Waals surface area contributed by atoms with E-state index in [-0.39, 0.29) is 0 Å². The highest BCUT2D eigenvalue weighted by Crippen LogP contribution is 2.33. The molecule has 1 fully saturated rings. The first-order valence-electron chi connectivity index (χ1n) is 6.07. The van der Waals surface area contributed by atoms with E-state index in [4.69, 9.17) is 4.42 Å². The van der Waals surface area contributed by atoms with E-state index in [0.29, 0.717) is 5.92 Å². The third kappa shape index (κ3) is 2.47. The fourth-order valence-electron chi connectivity index (χ4n) is 2.44. The van der Waals surface area contributed by atoms with Crippen molar-refractivity contribution in [3.8, 4) is 0 Å². The summed E-state index contributed by atoms with van der Waals surface area (Å²) in [6, 6.07) is 1.87. The summed E-state index contributed by atoms with van der Waals surface area (Å²) in [7, 11) is 0. The van der Waals surface area contributed by atoms with E-state index in [9.17, 15) is 5.11 Å². The minimum atomic E-state index is -0.666. The van der Waals surface area contributed by atoms with Crippen molar-refractivity contribution < 1.29 is 9.52 Å². The summed E-state index contributed by atoms with van der Waals surface area (Å²) >= 11 is 0. The molecular weight excluding hydrogens is 202 g/mol. The molecule has 1 aliphatic heterocycles. The second kappa shape index (κ2) is 4.60. The van der Waals surface area contributed by atoms with Crippen LogP contribution in [-0.4, -0.2) is 29.6 Å². The van der Waals surface area contributed by atoms with Crippen molar-refractivity contribution in [1.82, 2.24) is 4.90 Å². The second-order valence-corrected chi connectivity index (χ2v) is 5.24. The molecule has 0 aromatic carbocycles. The van der Waals surface area contributed by atoms with Crippen molar-refractivity contribution >= 4 is 0 Å². The minimum Gasteiger partial charge on any atom is -0.472 e. The Morgan fingerprint density at radius 3 is 2.62 bits per heavy atom. The lowest BCUT2D eigenvalue weighted by atomic mass is 9.86. The van der Waals surface area contributed by atoms with E-state index in [1.165, 1.54) is 0 Å². The van der Waals surface area contributed by atoms with Gasteiger partial charge in [-0.3, -0.25) is 0 Å². The molecule has 1 aromatic heterocycles. The van der Waals surface area contributed by atoms with Crippen molar-refractivity contribution in [2.24, 2.45) is 5.92 Å². The molecule has 0 bridgehead atoms. The molecule has 0 unspecified atom stereocenters. The van der Waals surface area contributed by atoms with Crippen LogP contribution in [-0.2, 0) is 5.60 Å². The van der Waals surface area contributed by atoms with Crippen molar-refractivity contribution in [2.45, 2.75) is 32.3 Å². The Bertz CT molecular complexity index is 311. The Hall–Kier alpha value is -0.800. The number of aliphatic hydroxyl groups is 1. The first-order chi connectivity index (χ1) is 7.60. The van der Waals surface area contributed by atoms with Crippen LogP contribution in [0.1, 0.15) is 32.3 Å². The molecule has 0 spiro atoms. The Labute approximate surface area is 97.1 Å². The van der Waals surface area contributed by atoms with Gasteiger partial charge in [0, 0.05) is 25.2 Å². The number of hydrogen-bond donors (Lipinski definition) is 1. The quantitative estimate of drug-likeness (QED) is 0.853. The molecule has 3 heteroatoms. The number of hydrogen-bond acceptors (Lipinski definition) is 3. The normalized spacial score (nSPS) is 21.5. The molecule has 1 saturated heterocycles. The maximum atomic E-state index is 10.5. The molecule has 0 amide bonds. The predicted molar refractivity (Wildman–Crippen MR) is 63.1 cm³/mol. The Morgan fingerprint density at radius 1 is 1.44 bits per heavy atom. The van der Waals surface area contributed by atoms with E-state index in [1.807, 2.05) is 6.07 Å². The predicted octanol–water partition coefficient (Wildman–Crippen LogP) is 2.22. The zero-order chi connectivity index (χ0) is 11.6. The molecule has 0 radical (unpaired) electrons. The molecule has 1 aromatic rings. The number of rotatable bonds is 3. The SMILES string of the molecule is CC(C)CN1CCC(O)(c2ccoc2)CC1. The maximum Gasteiger partial charge on any atom is 0.0963 e. The zero-order valence-electron chi connectivity index (χ0n) is 10.1. The highest BCUT2D eigenvalue weighted by atomic mass is 16.3. The number of likely N-dealkylation sites (tertiary alicyclic amines) is 1. The van der Waals surface area contributed by atoms with Crippen LogP contribution in [0.5, 0.6) is 0 Å². The van der Waals surface area contributed by atoms with Crippen LogP contribution in [0.4, 0.5) is 0 Å². The molecule has 0 saturated carbocycles. The standard InChI is InChI=1S/C13H21NO2/c1-11(2)9-14-6-4-13(15,5-7-14)12-3-8-16-10-12/h3,8,10-11,15H,4-7,9H2,1-2H3. The van der Waals surface area contributed by atoms with Crippen molar-refractivity contribution in [1.29, 1.82) is 0 Å². The lowest BCUT2D eigenvalue weighted by Crippen LogP contribution is -2.43. The van der Waals surface area contributed by atoms with Crippen LogP contribution >= 0.6 is 0 Å². The largest absolute Gasteiger partial charge is 0.472 e. The van der Waals surface area contributed by atoms with Gasteiger partial charge in [-0.05, 0) is 24.8 Å². The summed E-state index contributed by atoms with van der Waals surface area (Å²) in [6.45, 7) is 7.54. The molecule has 2 rings (SSSR count). The molecule has 1 aliphatic rings. The van der Waals surface area contributed by atoms with Gasteiger partial charge in [0.05, 0.1) is 18.1 Å². The fraction of sp³-hybridized carbons (Fsp3) is 0.692. The lowest BCUT2D eigenvalue weighted by Gasteiger charge is -2.38. The third-order valence-electron chi connectivity index (χ3n) is 3.37. The average Bonchev–Trinajstić information content (AvgIpc) is 2.75. The van der Waals surface area contributed by atoms with E-state index in [1.54, 1.807) is 12.5 Å². The molecule has 90 valence electrons. The van der Waals surface area contributed by atoms with Crippen LogP contribution in [0.25, 0.3) is 0 Å². The van der Waals surface area contributed by atoms with Crippen LogP contribution in [0.2, 0.25) is 0 Å². The van der Waals surface area contributed by atoms with Gasteiger partial charge in [-0.25, -0.2) is 0 Å². The topological polar surface area (TPSA) is 36.6 Å². The molecule has 0 aliphatic carbocycles. The summed E-state index contributed by atoms with van der Waals surface area (Å²) in [6.07, 6.45) is 4.91. The van der Waals surface area contributed by atoms with Crippen LogP contribution in [0.3, 0.4) is 0 Å². The second-order valence-electron chi connectivity index (χ2n) is 5.24. The smallest absolute Gasteiger partial charge is 0.0963 e. The highest BCUT2D eigenvalue weighted by molar-refractivity contribution is 5.17. The van der Waals surface area contributed by atoms with E-state index in [0.717, 1.165) is 38.0 Å². The average molecular weight is 223 g/mol. The molecule has 3 nitrogen and oxygen atoms in total. The molecule has 0 atom stereocenters. The summed E-state index contributed by atoms with van der Waals surface area (Å²) in [5.41, 5.74) is 0.261. The van der Waals surface area contributed by atoms with Crippen LogP contribution in [0, 0.1) is 5.92 Å². The van der Waals surface area contributed by atoms with Gasteiger partial charge < -0.3 is 14.4 Å². The summed E-state index contributed by atoms with van der Waals surface area (Å²) in [4.78, 5) is 2.43. The number of nitrogens with zero attached hydrogens (tertiary/aromatic N) is 1. The van der Waals surface area contributed by atoms with Crippen LogP contribution in [0.15, 0.2) is 23.0 Å². The van der Waals surface area contributed by atoms with E-state index in [2.05, 4.69) is 18.7 Å². The van der Waals surface area contributed by atoms with Gasteiger partial charge in [-0.1, -0.05) is 13.8 Å². The van der Waals surface area contributed by atoms with Gasteiger partial charge in [-0.15, -0.1) is 0 Å². The lowest BCUT2D eigenvalue weighted by molar-refractivity contribution is -0.0283. The zero-order valence-corrected chi connectivity index (χ0v) is 10.1. The number of furan rings is 1. The van der Waals surface area contributed by atoms with Gasteiger partial charge in [0.2, 0.25) is 0 Å². The van der Waals surface area contributed by atoms with Crippen molar-refractivity contribution in [3.63, 3.8) is 0 Å². The van der Waals surface area contributed by atoms with Gasteiger partial charge in [0.1, 0.15) is 0 Å². The summed E-state index contributed by atoms with van der Waals surface area (Å²) < 4.78 is 5.05. The van der Waals surface area contributed by atoms with Crippen molar-refractivity contribution in [3.05, 3.63) is 24.2 Å². The number of piperidine rings is 1.